The number of nitrogens with zero attached hydrogens (tertiary/aromatic N) is 1. The molecule has 3 saturated heterocycles. The Morgan fingerprint density at radius 1 is 1.20 bits per heavy atom. The van der Waals surface area contributed by atoms with E-state index >= 15 is 0 Å². The summed E-state index contributed by atoms with van der Waals surface area (Å²) in [6, 6.07) is 12.8. The third kappa shape index (κ3) is 3.32. The summed E-state index contributed by atoms with van der Waals surface area (Å²) in [4.78, 5) is 42.3. The highest BCUT2D eigenvalue weighted by atomic mass is 16.5. The van der Waals surface area contributed by atoms with Gasteiger partial charge in [0.15, 0.2) is 0 Å². The molecular formula is C28H30N2O5. The lowest BCUT2D eigenvalue weighted by molar-refractivity contribution is -0.148. The molecule has 0 radical (unpaired) electrons. The Morgan fingerprint density at radius 2 is 2.00 bits per heavy atom. The molecule has 6 rings (SSSR count). The standard InChI is InChI=1S/C28H30N2O5/c1-16(10-11-18-7-4-3-5-8-18)29-26(32)23-22-12-13-28(35-22)24(23)27(33)30-19(21-9-6-14-34-21)15-20(31)17(2)25(28)30/h3-9,12-14,16-17,19,22-25H,10-11,15H2,1-2H3,(H,29,32)/t16-,17-,19-,22+,23-,24-,25+,28-/m1/s1. The lowest BCUT2D eigenvalue weighted by atomic mass is 9.70. The van der Waals surface area contributed by atoms with Crippen molar-refractivity contribution in [1.29, 1.82) is 0 Å². The van der Waals surface area contributed by atoms with Crippen LogP contribution in [-0.2, 0) is 25.5 Å². The van der Waals surface area contributed by atoms with Gasteiger partial charge in [-0.3, -0.25) is 14.4 Å². The summed E-state index contributed by atoms with van der Waals surface area (Å²) >= 11 is 0. The lowest BCUT2D eigenvalue weighted by Crippen LogP contribution is -2.55. The maximum absolute atomic E-state index is 14.0. The highest BCUT2D eigenvalue weighted by molar-refractivity contribution is 5.96. The fraction of sp³-hybridized carbons (Fsp3) is 0.464. The number of furan rings is 1. The molecular weight excluding hydrogens is 444 g/mol. The Labute approximate surface area is 204 Å². The monoisotopic (exact) mass is 474 g/mol. The van der Waals surface area contributed by atoms with Gasteiger partial charge >= 0.3 is 0 Å². The van der Waals surface area contributed by atoms with Crippen LogP contribution in [0.2, 0.25) is 0 Å². The van der Waals surface area contributed by atoms with Gasteiger partial charge in [-0.1, -0.05) is 49.4 Å². The average molecular weight is 475 g/mol. The number of nitrogens with one attached hydrogen (secondary N) is 1. The van der Waals surface area contributed by atoms with Gasteiger partial charge in [0.1, 0.15) is 17.1 Å². The van der Waals surface area contributed by atoms with Crippen LogP contribution in [0.5, 0.6) is 0 Å². The molecule has 0 unspecified atom stereocenters. The van der Waals surface area contributed by atoms with E-state index in [1.807, 2.05) is 44.2 Å². The SMILES string of the molecule is C[C@H](CCc1ccccc1)NC(=O)[C@@H]1[C@@H]2C=C[C@]3(O2)[C@@H]2[C@H](C)C(=O)C[C@H](c4ccco4)N2C(=O)[C@@H]13. The Bertz CT molecular complexity index is 1180. The van der Waals surface area contributed by atoms with Gasteiger partial charge in [0, 0.05) is 18.4 Å². The first kappa shape index (κ1) is 22.3. The smallest absolute Gasteiger partial charge is 0.230 e. The number of Topliss-reactive ketones (excluding diaryl/α,β-unsaturated/α-hetero) is 1. The van der Waals surface area contributed by atoms with Gasteiger partial charge < -0.3 is 19.4 Å². The second-order valence-electron chi connectivity index (χ2n) is 10.4. The molecule has 7 heteroatoms. The van der Waals surface area contributed by atoms with E-state index < -0.39 is 35.6 Å². The van der Waals surface area contributed by atoms with Gasteiger partial charge in [-0.25, -0.2) is 0 Å². The highest BCUT2D eigenvalue weighted by Crippen LogP contribution is 2.59. The summed E-state index contributed by atoms with van der Waals surface area (Å²) in [7, 11) is 0. The predicted molar refractivity (Wildman–Crippen MR) is 127 cm³/mol. The van der Waals surface area contributed by atoms with Gasteiger partial charge in [-0.2, -0.15) is 0 Å². The number of ketones is 1. The minimum absolute atomic E-state index is 0.0442. The topological polar surface area (TPSA) is 88.8 Å². The van der Waals surface area contributed by atoms with Crippen LogP contribution in [0.1, 0.15) is 44.1 Å². The van der Waals surface area contributed by atoms with Crippen LogP contribution >= 0.6 is 0 Å². The number of hydrogen-bond donors (Lipinski definition) is 1. The highest BCUT2D eigenvalue weighted by Gasteiger charge is 2.74. The molecule has 0 saturated carbocycles. The maximum atomic E-state index is 14.0. The molecule has 35 heavy (non-hydrogen) atoms. The van der Waals surface area contributed by atoms with Gasteiger partial charge in [0.2, 0.25) is 11.8 Å². The lowest BCUT2D eigenvalue weighted by Gasteiger charge is -2.43. The van der Waals surface area contributed by atoms with Crippen molar-refractivity contribution in [3.05, 3.63) is 72.2 Å². The Kier molecular flexibility index (Phi) is 5.22. The summed E-state index contributed by atoms with van der Waals surface area (Å²) in [6.45, 7) is 3.86. The first-order valence-electron chi connectivity index (χ1n) is 12.5. The Balaban J connectivity index is 1.25. The third-order valence-corrected chi connectivity index (χ3v) is 8.35. The van der Waals surface area contributed by atoms with E-state index in [4.69, 9.17) is 9.15 Å². The molecule has 1 spiro atoms. The van der Waals surface area contributed by atoms with Gasteiger partial charge in [-0.15, -0.1) is 0 Å². The van der Waals surface area contributed by atoms with Crippen molar-refractivity contribution in [2.24, 2.45) is 17.8 Å². The molecule has 7 nitrogen and oxygen atoms in total. The first-order chi connectivity index (χ1) is 16.9. The van der Waals surface area contributed by atoms with Gasteiger partial charge in [-0.05, 0) is 37.5 Å². The zero-order valence-corrected chi connectivity index (χ0v) is 19.9. The molecule has 3 fully saturated rings. The summed E-state index contributed by atoms with van der Waals surface area (Å²) in [5, 5.41) is 3.14. The van der Waals surface area contributed by atoms with Crippen molar-refractivity contribution in [3.63, 3.8) is 0 Å². The molecule has 4 aliphatic rings. The Morgan fingerprint density at radius 3 is 2.74 bits per heavy atom. The third-order valence-electron chi connectivity index (χ3n) is 8.35. The number of amides is 2. The number of ether oxygens (including phenoxy) is 1. The van der Waals surface area contributed by atoms with Crippen molar-refractivity contribution in [1.82, 2.24) is 10.2 Å². The van der Waals surface area contributed by atoms with E-state index in [2.05, 4.69) is 17.4 Å². The number of benzene rings is 1. The van der Waals surface area contributed by atoms with Crippen molar-refractivity contribution < 1.29 is 23.5 Å². The van der Waals surface area contributed by atoms with Gasteiger partial charge in [0.25, 0.3) is 0 Å². The van der Waals surface area contributed by atoms with E-state index in [1.165, 1.54) is 5.56 Å². The summed E-state index contributed by atoms with van der Waals surface area (Å²) < 4.78 is 12.1. The number of hydrogen-bond acceptors (Lipinski definition) is 5. The normalized spacial score (nSPS) is 35.8. The quantitative estimate of drug-likeness (QED) is 0.650. The molecule has 0 aliphatic carbocycles. The van der Waals surface area contributed by atoms with Crippen LogP contribution < -0.4 is 5.32 Å². The van der Waals surface area contributed by atoms with Crippen LogP contribution in [0.4, 0.5) is 0 Å². The number of fused-ring (bicyclic) bond motifs is 2. The molecule has 182 valence electrons. The van der Waals surface area contributed by atoms with E-state index in [0.29, 0.717) is 5.76 Å². The second-order valence-corrected chi connectivity index (χ2v) is 10.4. The van der Waals surface area contributed by atoms with Gasteiger partial charge in [0.05, 0.1) is 36.3 Å². The van der Waals surface area contributed by atoms with Crippen LogP contribution in [0.3, 0.4) is 0 Å². The summed E-state index contributed by atoms with van der Waals surface area (Å²) in [6.07, 6.45) is 6.80. The number of carbonyl (C=O) groups excluding carboxylic acids is 3. The molecule has 1 N–H and O–H groups in total. The van der Waals surface area contributed by atoms with Crippen molar-refractivity contribution in [2.75, 3.05) is 0 Å². The van der Waals surface area contributed by atoms with Crippen LogP contribution in [0.15, 0.2) is 65.3 Å². The van der Waals surface area contributed by atoms with E-state index in [-0.39, 0.29) is 36.0 Å². The molecule has 8 atom stereocenters. The average Bonchev–Trinajstić information content (AvgIpc) is 3.63. The van der Waals surface area contributed by atoms with Crippen molar-refractivity contribution in [3.8, 4) is 0 Å². The largest absolute Gasteiger partial charge is 0.467 e. The van der Waals surface area contributed by atoms with E-state index in [9.17, 15) is 14.4 Å². The fourth-order valence-electron chi connectivity index (χ4n) is 6.70. The molecule has 1 aromatic carbocycles. The first-order valence-corrected chi connectivity index (χ1v) is 12.5. The van der Waals surface area contributed by atoms with Crippen molar-refractivity contribution in [2.45, 2.75) is 62.9 Å². The maximum Gasteiger partial charge on any atom is 0.230 e. The van der Waals surface area contributed by atoms with Crippen LogP contribution in [0.25, 0.3) is 0 Å². The summed E-state index contributed by atoms with van der Waals surface area (Å²) in [5.41, 5.74) is 0.265. The second kappa shape index (κ2) is 8.19. The minimum atomic E-state index is -0.961. The number of aryl methyl sites for hydroxylation is 1. The molecule has 1 aromatic heterocycles. The molecule has 2 bridgehead atoms. The fourth-order valence-corrected chi connectivity index (χ4v) is 6.70. The molecule has 2 aromatic rings. The molecule has 5 heterocycles. The zero-order chi connectivity index (χ0) is 24.3. The Hall–Kier alpha value is -3.19. The van der Waals surface area contributed by atoms with E-state index in [0.717, 1.165) is 12.8 Å². The minimum Gasteiger partial charge on any atom is -0.467 e. The molecule has 2 amide bonds. The number of piperidine rings is 1. The molecule has 4 aliphatic heterocycles. The van der Waals surface area contributed by atoms with Crippen molar-refractivity contribution >= 4 is 17.6 Å². The van der Waals surface area contributed by atoms with Crippen LogP contribution in [0, 0.1) is 17.8 Å². The number of rotatable bonds is 6. The number of carbonyl (C=O) groups is 3. The zero-order valence-electron chi connectivity index (χ0n) is 19.9. The van der Waals surface area contributed by atoms with E-state index in [1.54, 1.807) is 23.3 Å². The van der Waals surface area contributed by atoms with Crippen LogP contribution in [-0.4, -0.2) is 46.3 Å². The summed E-state index contributed by atoms with van der Waals surface area (Å²) in [5.74, 6) is -1.25. The predicted octanol–water partition coefficient (Wildman–Crippen LogP) is 3.22.